The van der Waals surface area contributed by atoms with Crippen molar-refractivity contribution >= 4 is 92.6 Å². The summed E-state index contributed by atoms with van der Waals surface area (Å²) >= 11 is 16.3. The van der Waals surface area contributed by atoms with Crippen LogP contribution in [0.1, 0.15) is 22.3 Å². The third-order valence-corrected chi connectivity index (χ3v) is 15.2. The summed E-state index contributed by atoms with van der Waals surface area (Å²) in [5, 5.41) is 61.8. The van der Waals surface area contributed by atoms with Gasteiger partial charge in [-0.25, -0.2) is 13.2 Å². The van der Waals surface area contributed by atoms with Crippen LogP contribution in [0.5, 0.6) is 17.2 Å². The fraction of sp³-hybridized carbons (Fsp3) is 0.0690. The summed E-state index contributed by atoms with van der Waals surface area (Å²) < 4.78 is 40.4. The molecular weight excluding hydrogens is 1120 g/mol. The van der Waals surface area contributed by atoms with E-state index in [2.05, 4.69) is 16.0 Å². The van der Waals surface area contributed by atoms with Gasteiger partial charge >= 0.3 is 0 Å². The zero-order valence-electron chi connectivity index (χ0n) is 41.5. The van der Waals surface area contributed by atoms with Crippen LogP contribution < -0.4 is 21.7 Å². The molecule has 8 N–H and O–H groups in total. The maximum atomic E-state index is 13.5. The Morgan fingerprint density at radius 3 is 1.13 bits per heavy atom. The van der Waals surface area contributed by atoms with Gasteiger partial charge in [0.1, 0.15) is 0 Å². The second kappa shape index (κ2) is 27.9. The van der Waals surface area contributed by atoms with Crippen LogP contribution in [0.25, 0.3) is 0 Å². The number of aryl methyl sites for hydroxylation is 1. The first-order chi connectivity index (χ1) is 37.9. The summed E-state index contributed by atoms with van der Waals surface area (Å²) in [5.74, 6) is -3.49. The molecule has 0 saturated carbocycles. The Balaban J connectivity index is 0.000000172. The van der Waals surface area contributed by atoms with E-state index in [1.807, 2.05) is 85.8 Å². The topological polar surface area (TPSA) is 209 Å². The number of benzene rings is 9. The minimum absolute atomic E-state index is 0.0245. The number of halogens is 5. The lowest BCUT2D eigenvalue weighted by Crippen LogP contribution is -2.03. The van der Waals surface area contributed by atoms with Gasteiger partial charge < -0.3 is 37.0 Å². The number of hydrogen-bond donors (Lipinski definition) is 7. The third-order valence-electron chi connectivity index (χ3n) is 11.3. The predicted molar refractivity (Wildman–Crippen MR) is 310 cm³/mol. The lowest BCUT2D eigenvalue weighted by atomic mass is 10.2. The van der Waals surface area contributed by atoms with E-state index in [4.69, 9.17) is 28.9 Å². The summed E-state index contributed by atoms with van der Waals surface area (Å²) in [7, 11) is 0. The number of phenols is 3. The minimum atomic E-state index is -0.741. The SMILES string of the molecule is Cc1ccc(Sc2ccc([N+](=O)[O-])cc2CNc2cccc(F)c2O)cc1.Nc1ccc(Sc2ccc(Cl)cc2)c(CNc2cccc(F)c2O)c1.O=[N+]([O-])c1ccc(Sc2ccc(Cl)cc2)c(CNc2cccc(F)c2O)c1. The van der Waals surface area contributed by atoms with Gasteiger partial charge in [-0.2, -0.15) is 0 Å². The molecule has 0 heterocycles. The molecule has 9 rings (SSSR count). The van der Waals surface area contributed by atoms with E-state index in [1.165, 1.54) is 72.1 Å². The second-order valence-corrected chi connectivity index (χ2v) is 21.2. The van der Waals surface area contributed by atoms with Crippen LogP contribution in [0.3, 0.4) is 0 Å². The summed E-state index contributed by atoms with van der Waals surface area (Å²) in [6.07, 6.45) is 0. The number of anilines is 4. The molecule has 0 unspecified atom stereocenters. The number of nitrogens with one attached hydrogen (secondary N) is 3. The molecule has 0 spiro atoms. The molecule has 404 valence electrons. The molecule has 0 aromatic heterocycles. The number of nitro benzene ring substituents is 2. The van der Waals surface area contributed by atoms with E-state index in [0.717, 1.165) is 52.6 Å². The van der Waals surface area contributed by atoms with E-state index in [0.29, 0.717) is 39.1 Å². The number of nitro groups is 2. The predicted octanol–water partition coefficient (Wildman–Crippen LogP) is 16.9. The van der Waals surface area contributed by atoms with Crippen LogP contribution in [-0.4, -0.2) is 25.2 Å². The Kier molecular flexibility index (Phi) is 20.7. The highest BCUT2D eigenvalue weighted by atomic mass is 35.5. The van der Waals surface area contributed by atoms with Crippen molar-refractivity contribution in [2.75, 3.05) is 21.7 Å². The highest BCUT2D eigenvalue weighted by Gasteiger charge is 2.16. The van der Waals surface area contributed by atoms with Gasteiger partial charge in [0.2, 0.25) is 0 Å². The number of hydrogen-bond acceptors (Lipinski definition) is 14. The second-order valence-electron chi connectivity index (χ2n) is 17.0. The maximum Gasteiger partial charge on any atom is 0.269 e. The van der Waals surface area contributed by atoms with Gasteiger partial charge in [-0.1, -0.05) is 94.4 Å². The van der Waals surface area contributed by atoms with Gasteiger partial charge in [0.15, 0.2) is 34.7 Å². The number of rotatable bonds is 17. The number of phenolic OH excluding ortho intramolecular Hbond substituents is 3. The van der Waals surface area contributed by atoms with E-state index in [9.17, 15) is 48.7 Å². The zero-order valence-corrected chi connectivity index (χ0v) is 45.5. The molecule has 0 aliphatic heterocycles. The van der Waals surface area contributed by atoms with Crippen LogP contribution >= 0.6 is 58.5 Å². The van der Waals surface area contributed by atoms with Crippen molar-refractivity contribution in [1.82, 2.24) is 0 Å². The first kappa shape index (κ1) is 58.5. The number of nitrogens with zero attached hydrogens (tertiary/aromatic N) is 2. The van der Waals surface area contributed by atoms with Crippen molar-refractivity contribution in [2.24, 2.45) is 0 Å². The number of aromatic hydroxyl groups is 3. The van der Waals surface area contributed by atoms with Gasteiger partial charge in [-0.15, -0.1) is 0 Å². The van der Waals surface area contributed by atoms with Crippen LogP contribution in [0, 0.1) is 44.6 Å². The van der Waals surface area contributed by atoms with E-state index in [-0.39, 0.29) is 35.8 Å². The van der Waals surface area contributed by atoms with Crippen LogP contribution in [0.15, 0.2) is 211 Å². The Bertz CT molecular complexity index is 3430. The molecule has 0 aliphatic carbocycles. The lowest BCUT2D eigenvalue weighted by molar-refractivity contribution is -0.385. The third kappa shape index (κ3) is 16.9. The van der Waals surface area contributed by atoms with E-state index < -0.39 is 44.5 Å². The molecule has 0 aliphatic rings. The van der Waals surface area contributed by atoms with Crippen molar-refractivity contribution in [3.8, 4) is 17.2 Å². The Morgan fingerprint density at radius 2 is 0.785 bits per heavy atom. The van der Waals surface area contributed by atoms with Gasteiger partial charge in [0.05, 0.1) is 26.9 Å². The molecule has 0 bridgehead atoms. The molecule has 79 heavy (non-hydrogen) atoms. The monoisotopic (exact) mass is 1160 g/mol. The Labute approximate surface area is 475 Å². The molecule has 0 amide bonds. The number of para-hydroxylation sites is 3. The fourth-order valence-electron chi connectivity index (χ4n) is 7.21. The summed E-state index contributed by atoms with van der Waals surface area (Å²) in [5.41, 5.74) is 10.7. The van der Waals surface area contributed by atoms with Crippen molar-refractivity contribution in [2.45, 2.75) is 55.9 Å². The summed E-state index contributed by atoms with van der Waals surface area (Å²) in [6.45, 7) is 2.78. The number of nitrogens with two attached hydrogens (primary N) is 1. The van der Waals surface area contributed by atoms with Crippen LogP contribution in [0.4, 0.5) is 47.3 Å². The smallest absolute Gasteiger partial charge is 0.269 e. The highest BCUT2D eigenvalue weighted by molar-refractivity contribution is 8.00. The molecule has 9 aromatic carbocycles. The standard InChI is InChI=1S/C20H17FN2O3S.C19H14ClFN2O3S.C19H16ClFN2OS/c1-13-5-8-16(9-6-13)27-19-10-7-15(23(25)26)11-14(19)12-22-18-4-2-3-17(21)20(18)24;20-13-4-7-15(8-5-13)27-18-9-6-14(23(25)26)10-12(18)11-22-17-3-1-2-16(21)19(17)24;20-13-4-7-15(8-5-13)25-18-9-6-14(22)10-12(18)11-23-17-3-1-2-16(21)19(17)24/h2-11,22,24H,12H2,1H3;1-10,22,24H,11H2;1-10,23-24H,11,22H2. The van der Waals surface area contributed by atoms with Gasteiger partial charge in [0.25, 0.3) is 11.4 Å². The lowest BCUT2D eigenvalue weighted by Gasteiger charge is -2.13. The van der Waals surface area contributed by atoms with Crippen LogP contribution in [-0.2, 0) is 19.6 Å². The number of non-ortho nitro benzene ring substituents is 2. The zero-order chi connectivity index (χ0) is 56.6. The first-order valence-corrected chi connectivity index (χ1v) is 26.8. The van der Waals surface area contributed by atoms with Gasteiger partial charge in [-0.05, 0) is 151 Å². The summed E-state index contributed by atoms with van der Waals surface area (Å²) in [4.78, 5) is 26.9. The first-order valence-electron chi connectivity index (χ1n) is 23.6. The van der Waals surface area contributed by atoms with E-state index in [1.54, 1.807) is 54.2 Å². The van der Waals surface area contributed by atoms with Gasteiger partial charge in [0, 0.05) is 89.0 Å². The maximum absolute atomic E-state index is 13.5. The fourth-order valence-corrected chi connectivity index (χ4v) is 10.2. The van der Waals surface area contributed by atoms with Crippen molar-refractivity contribution < 1.29 is 38.3 Å². The summed E-state index contributed by atoms with van der Waals surface area (Å²) in [6, 6.07) is 50.3. The highest BCUT2D eigenvalue weighted by Crippen LogP contribution is 2.38. The molecule has 13 nitrogen and oxygen atoms in total. The van der Waals surface area contributed by atoms with E-state index >= 15 is 0 Å². The Hall–Kier alpha value is -8.20. The average molecular weight is 1160 g/mol. The molecule has 0 atom stereocenters. The molecule has 21 heteroatoms. The quantitative estimate of drug-likeness (QED) is 0.0196. The van der Waals surface area contributed by atoms with Crippen LogP contribution in [0.2, 0.25) is 10.0 Å². The normalized spacial score (nSPS) is 10.6. The molecule has 9 aromatic rings. The molecule has 0 radical (unpaired) electrons. The number of nitrogen functional groups attached to an aromatic ring is 1. The largest absolute Gasteiger partial charge is 0.503 e. The molecule has 0 saturated heterocycles. The Morgan fingerprint density at radius 1 is 0.468 bits per heavy atom. The van der Waals surface area contributed by atoms with Gasteiger partial charge in [-0.3, -0.25) is 20.2 Å². The van der Waals surface area contributed by atoms with Crippen molar-refractivity contribution in [1.29, 1.82) is 0 Å². The van der Waals surface area contributed by atoms with Crippen molar-refractivity contribution in [3.63, 3.8) is 0 Å². The average Bonchev–Trinajstić information content (AvgIpc) is 3.44. The molecular formula is C58H47Cl2F3N6O7S3. The minimum Gasteiger partial charge on any atom is -0.503 e. The van der Waals surface area contributed by atoms with Crippen molar-refractivity contribution in [3.05, 3.63) is 252 Å². The molecule has 0 fully saturated rings.